The standard InChI is InChI=1S/C13H14N4/c14-5-12-6-15-7-13(16-12)17-8-10-3-1-2-4-11(10)9-17/h1-4,6-7H,5,8-9,14H2. The van der Waals surface area contributed by atoms with Crippen molar-refractivity contribution >= 4 is 5.82 Å². The van der Waals surface area contributed by atoms with Gasteiger partial charge in [-0.15, -0.1) is 0 Å². The second-order valence-corrected chi connectivity index (χ2v) is 4.20. The van der Waals surface area contributed by atoms with Crippen molar-refractivity contribution in [3.63, 3.8) is 0 Å². The minimum absolute atomic E-state index is 0.432. The quantitative estimate of drug-likeness (QED) is 0.842. The number of anilines is 1. The Labute approximate surface area is 100 Å². The Morgan fingerprint density at radius 3 is 2.47 bits per heavy atom. The highest BCUT2D eigenvalue weighted by molar-refractivity contribution is 5.46. The molecule has 0 amide bonds. The van der Waals surface area contributed by atoms with Crippen LogP contribution in [0, 0.1) is 0 Å². The molecule has 0 radical (unpaired) electrons. The van der Waals surface area contributed by atoms with Gasteiger partial charge in [0.2, 0.25) is 0 Å². The third kappa shape index (κ3) is 1.87. The number of fused-ring (bicyclic) bond motifs is 1. The summed E-state index contributed by atoms with van der Waals surface area (Å²) < 4.78 is 0. The van der Waals surface area contributed by atoms with E-state index < -0.39 is 0 Å². The van der Waals surface area contributed by atoms with Gasteiger partial charge in [0.15, 0.2) is 0 Å². The smallest absolute Gasteiger partial charge is 0.148 e. The van der Waals surface area contributed by atoms with Crippen molar-refractivity contribution in [2.45, 2.75) is 19.6 Å². The lowest BCUT2D eigenvalue weighted by Crippen LogP contribution is -2.17. The van der Waals surface area contributed by atoms with Crippen LogP contribution >= 0.6 is 0 Å². The molecule has 1 aromatic heterocycles. The minimum Gasteiger partial charge on any atom is -0.347 e. The highest BCUT2D eigenvalue weighted by Crippen LogP contribution is 2.26. The molecule has 1 aromatic carbocycles. The number of rotatable bonds is 2. The molecule has 0 fully saturated rings. The third-order valence-electron chi connectivity index (χ3n) is 3.05. The molecule has 4 nitrogen and oxygen atoms in total. The molecule has 1 aliphatic heterocycles. The topological polar surface area (TPSA) is 55.0 Å². The highest BCUT2D eigenvalue weighted by Gasteiger charge is 2.19. The minimum atomic E-state index is 0.432. The van der Waals surface area contributed by atoms with E-state index in [1.165, 1.54) is 11.1 Å². The molecule has 0 spiro atoms. The SMILES string of the molecule is NCc1cncc(N2Cc3ccccc3C2)n1. The zero-order valence-electron chi connectivity index (χ0n) is 9.50. The summed E-state index contributed by atoms with van der Waals surface area (Å²) in [6, 6.07) is 8.47. The lowest BCUT2D eigenvalue weighted by molar-refractivity contribution is 0.832. The molecule has 0 bridgehead atoms. The monoisotopic (exact) mass is 226 g/mol. The summed E-state index contributed by atoms with van der Waals surface area (Å²) in [4.78, 5) is 10.9. The number of aromatic nitrogens is 2. The maximum atomic E-state index is 5.58. The molecule has 3 rings (SSSR count). The molecule has 0 aliphatic carbocycles. The predicted molar refractivity (Wildman–Crippen MR) is 66.3 cm³/mol. The van der Waals surface area contributed by atoms with Gasteiger partial charge in [0.1, 0.15) is 5.82 Å². The van der Waals surface area contributed by atoms with Crippen molar-refractivity contribution < 1.29 is 0 Å². The summed E-state index contributed by atoms with van der Waals surface area (Å²) in [5.74, 6) is 0.907. The van der Waals surface area contributed by atoms with Crippen LogP contribution in [0.15, 0.2) is 36.7 Å². The van der Waals surface area contributed by atoms with E-state index in [9.17, 15) is 0 Å². The molecule has 0 saturated carbocycles. The van der Waals surface area contributed by atoms with Crippen molar-refractivity contribution in [2.24, 2.45) is 5.73 Å². The fourth-order valence-electron chi connectivity index (χ4n) is 2.14. The highest BCUT2D eigenvalue weighted by atomic mass is 15.2. The number of nitrogens with zero attached hydrogens (tertiary/aromatic N) is 3. The van der Waals surface area contributed by atoms with Crippen LogP contribution in [0.2, 0.25) is 0 Å². The molecule has 17 heavy (non-hydrogen) atoms. The van der Waals surface area contributed by atoms with Gasteiger partial charge in [-0.1, -0.05) is 24.3 Å². The van der Waals surface area contributed by atoms with Crippen LogP contribution in [0.3, 0.4) is 0 Å². The van der Waals surface area contributed by atoms with Crippen LogP contribution in [0.5, 0.6) is 0 Å². The van der Waals surface area contributed by atoms with Crippen molar-refractivity contribution in [1.82, 2.24) is 9.97 Å². The first-order valence-corrected chi connectivity index (χ1v) is 5.69. The summed E-state index contributed by atoms with van der Waals surface area (Å²) in [5, 5.41) is 0. The summed E-state index contributed by atoms with van der Waals surface area (Å²) in [6.07, 6.45) is 3.51. The number of benzene rings is 1. The first kappa shape index (κ1) is 10.2. The van der Waals surface area contributed by atoms with E-state index in [0.29, 0.717) is 6.54 Å². The Kier molecular flexibility index (Phi) is 2.49. The van der Waals surface area contributed by atoms with Gasteiger partial charge in [-0.25, -0.2) is 4.98 Å². The number of nitrogens with two attached hydrogens (primary N) is 1. The van der Waals surface area contributed by atoms with Crippen molar-refractivity contribution in [3.05, 3.63) is 53.5 Å². The average Bonchev–Trinajstić information content (AvgIpc) is 2.82. The summed E-state index contributed by atoms with van der Waals surface area (Å²) >= 11 is 0. The first-order valence-electron chi connectivity index (χ1n) is 5.69. The Bertz CT molecular complexity index is 513. The lowest BCUT2D eigenvalue weighted by atomic mass is 10.1. The van der Waals surface area contributed by atoms with Crippen LogP contribution in [0.4, 0.5) is 5.82 Å². The maximum absolute atomic E-state index is 5.58. The molecule has 2 N–H and O–H groups in total. The zero-order chi connectivity index (χ0) is 11.7. The van der Waals surface area contributed by atoms with Crippen LogP contribution < -0.4 is 10.6 Å². The van der Waals surface area contributed by atoms with Gasteiger partial charge in [-0.3, -0.25) is 4.98 Å². The fraction of sp³-hybridized carbons (Fsp3) is 0.231. The zero-order valence-corrected chi connectivity index (χ0v) is 9.50. The van der Waals surface area contributed by atoms with E-state index in [-0.39, 0.29) is 0 Å². The van der Waals surface area contributed by atoms with Gasteiger partial charge in [0, 0.05) is 25.8 Å². The Balaban J connectivity index is 1.88. The molecule has 0 saturated heterocycles. The van der Waals surface area contributed by atoms with Crippen LogP contribution in [0.1, 0.15) is 16.8 Å². The second kappa shape index (κ2) is 4.14. The third-order valence-corrected chi connectivity index (χ3v) is 3.05. The molecular formula is C13H14N4. The van der Waals surface area contributed by atoms with E-state index in [0.717, 1.165) is 24.6 Å². The van der Waals surface area contributed by atoms with E-state index in [1.807, 2.05) is 0 Å². The molecule has 0 atom stereocenters. The molecule has 4 heteroatoms. The van der Waals surface area contributed by atoms with Gasteiger partial charge in [-0.2, -0.15) is 0 Å². The fourth-order valence-corrected chi connectivity index (χ4v) is 2.14. The summed E-state index contributed by atoms with van der Waals surface area (Å²) in [5.41, 5.74) is 9.15. The molecule has 86 valence electrons. The maximum Gasteiger partial charge on any atom is 0.148 e. The van der Waals surface area contributed by atoms with E-state index in [1.54, 1.807) is 12.4 Å². The average molecular weight is 226 g/mol. The van der Waals surface area contributed by atoms with Gasteiger partial charge >= 0.3 is 0 Å². The predicted octanol–water partition coefficient (Wildman–Crippen LogP) is 1.46. The van der Waals surface area contributed by atoms with Crippen LogP contribution in [0.25, 0.3) is 0 Å². The van der Waals surface area contributed by atoms with Crippen molar-refractivity contribution in [2.75, 3.05) is 4.90 Å². The normalized spacial score (nSPS) is 13.8. The van der Waals surface area contributed by atoms with Crippen LogP contribution in [-0.2, 0) is 19.6 Å². The van der Waals surface area contributed by atoms with Crippen LogP contribution in [-0.4, -0.2) is 9.97 Å². The first-order chi connectivity index (χ1) is 8.36. The van der Waals surface area contributed by atoms with E-state index >= 15 is 0 Å². The van der Waals surface area contributed by atoms with Crippen molar-refractivity contribution in [3.8, 4) is 0 Å². The molecule has 2 heterocycles. The van der Waals surface area contributed by atoms with Gasteiger partial charge < -0.3 is 10.6 Å². The molecule has 2 aromatic rings. The molecule has 1 aliphatic rings. The Hall–Kier alpha value is -1.94. The van der Waals surface area contributed by atoms with E-state index in [2.05, 4.69) is 39.1 Å². The second-order valence-electron chi connectivity index (χ2n) is 4.20. The lowest BCUT2D eigenvalue weighted by Gasteiger charge is -2.16. The van der Waals surface area contributed by atoms with Gasteiger partial charge in [-0.05, 0) is 11.1 Å². The van der Waals surface area contributed by atoms with Crippen molar-refractivity contribution in [1.29, 1.82) is 0 Å². The molecular weight excluding hydrogens is 212 g/mol. The summed E-state index contributed by atoms with van der Waals surface area (Å²) in [7, 11) is 0. The van der Waals surface area contributed by atoms with Gasteiger partial charge in [0.25, 0.3) is 0 Å². The Morgan fingerprint density at radius 2 is 1.82 bits per heavy atom. The number of hydrogen-bond donors (Lipinski definition) is 1. The largest absolute Gasteiger partial charge is 0.347 e. The van der Waals surface area contributed by atoms with Gasteiger partial charge in [0.05, 0.1) is 11.9 Å². The Morgan fingerprint density at radius 1 is 1.12 bits per heavy atom. The number of hydrogen-bond acceptors (Lipinski definition) is 4. The summed E-state index contributed by atoms with van der Waals surface area (Å²) in [6.45, 7) is 2.24. The van der Waals surface area contributed by atoms with E-state index in [4.69, 9.17) is 5.73 Å². The molecule has 0 unspecified atom stereocenters.